The first-order valence-electron chi connectivity index (χ1n) is 8.99. The number of thiophene rings is 1. The van der Waals surface area contributed by atoms with Crippen molar-refractivity contribution in [3.8, 4) is 0 Å². The lowest BCUT2D eigenvalue weighted by atomic mass is 9.93. The fourth-order valence-corrected chi connectivity index (χ4v) is 5.46. The van der Waals surface area contributed by atoms with Crippen LogP contribution in [0.3, 0.4) is 0 Å². The first-order chi connectivity index (χ1) is 12.1. The van der Waals surface area contributed by atoms with Crippen LogP contribution in [0.5, 0.6) is 0 Å². The quantitative estimate of drug-likeness (QED) is 0.781. The molecule has 1 saturated carbocycles. The van der Waals surface area contributed by atoms with Gasteiger partial charge in [-0.1, -0.05) is 23.2 Å². The topological polar surface area (TPSA) is 33.1 Å². The lowest BCUT2D eigenvalue weighted by Gasteiger charge is -2.29. The van der Waals surface area contributed by atoms with E-state index in [1.54, 1.807) is 0 Å². The van der Waals surface area contributed by atoms with E-state index in [2.05, 4.69) is 38.3 Å². The molecule has 0 aromatic carbocycles. The number of aromatic nitrogens is 2. The van der Waals surface area contributed by atoms with Gasteiger partial charge in [-0.3, -0.25) is 4.90 Å². The van der Waals surface area contributed by atoms with Crippen LogP contribution in [0.2, 0.25) is 9.36 Å². The van der Waals surface area contributed by atoms with Gasteiger partial charge < -0.3 is 9.88 Å². The van der Waals surface area contributed by atoms with Crippen LogP contribution in [0, 0.1) is 5.41 Å². The van der Waals surface area contributed by atoms with Crippen LogP contribution < -0.4 is 5.32 Å². The molecule has 2 aromatic rings. The van der Waals surface area contributed by atoms with Crippen LogP contribution in [0.15, 0.2) is 17.8 Å². The Balaban J connectivity index is 1.56. The van der Waals surface area contributed by atoms with Gasteiger partial charge in [0.2, 0.25) is 0 Å². The number of rotatable bonds is 6. The highest BCUT2D eigenvalue weighted by molar-refractivity contribution is 7.15. The zero-order valence-corrected chi connectivity index (χ0v) is 16.8. The van der Waals surface area contributed by atoms with E-state index in [1.165, 1.54) is 30.6 Å². The highest BCUT2D eigenvalue weighted by Gasteiger charge is 2.56. The molecule has 0 amide bonds. The molecule has 2 aromatic heterocycles. The van der Waals surface area contributed by atoms with Crippen molar-refractivity contribution < 1.29 is 0 Å². The molecule has 1 unspecified atom stereocenters. The van der Waals surface area contributed by atoms with Crippen molar-refractivity contribution in [1.82, 2.24) is 19.8 Å². The Morgan fingerprint density at radius 2 is 2.16 bits per heavy atom. The second kappa shape index (κ2) is 7.20. The van der Waals surface area contributed by atoms with Gasteiger partial charge >= 0.3 is 0 Å². The second-order valence-corrected chi connectivity index (χ2v) is 9.08. The molecule has 0 radical (unpaired) electrons. The second-order valence-electron chi connectivity index (χ2n) is 7.22. The number of nitrogens with one attached hydrogen (secondary N) is 1. The van der Waals surface area contributed by atoms with Gasteiger partial charge in [-0.15, -0.1) is 11.3 Å². The van der Waals surface area contributed by atoms with Gasteiger partial charge in [0.15, 0.2) is 0 Å². The highest BCUT2D eigenvalue weighted by atomic mass is 35.5. The normalized spacial score (nSPS) is 22.0. The zero-order chi connectivity index (χ0) is 17.4. The van der Waals surface area contributed by atoms with Gasteiger partial charge in [-0.2, -0.15) is 0 Å². The molecule has 1 aliphatic heterocycles. The van der Waals surface area contributed by atoms with E-state index >= 15 is 0 Å². The molecule has 7 heteroatoms. The number of nitrogens with zero attached hydrogens (tertiary/aromatic N) is 3. The van der Waals surface area contributed by atoms with Crippen LogP contribution >= 0.6 is 34.5 Å². The average molecular weight is 399 g/mol. The first kappa shape index (κ1) is 17.8. The summed E-state index contributed by atoms with van der Waals surface area (Å²) < 4.78 is 2.92. The van der Waals surface area contributed by atoms with E-state index in [1.807, 2.05) is 6.20 Å². The molecule has 1 saturated heterocycles. The van der Waals surface area contributed by atoms with E-state index in [0.29, 0.717) is 15.8 Å². The summed E-state index contributed by atoms with van der Waals surface area (Å²) in [5.74, 6) is 1.14. The summed E-state index contributed by atoms with van der Waals surface area (Å²) in [5, 5.41) is 6.31. The molecule has 25 heavy (non-hydrogen) atoms. The lowest BCUT2D eigenvalue weighted by Crippen LogP contribution is -2.36. The van der Waals surface area contributed by atoms with Crippen molar-refractivity contribution in [2.45, 2.75) is 51.9 Å². The predicted molar refractivity (Wildman–Crippen MR) is 104 cm³/mol. The highest BCUT2D eigenvalue weighted by Crippen LogP contribution is 2.56. The van der Waals surface area contributed by atoms with E-state index in [4.69, 9.17) is 23.2 Å². The van der Waals surface area contributed by atoms with Crippen molar-refractivity contribution in [2.24, 2.45) is 5.41 Å². The van der Waals surface area contributed by atoms with E-state index in [9.17, 15) is 0 Å². The molecule has 4 rings (SSSR count). The Morgan fingerprint density at radius 3 is 2.84 bits per heavy atom. The maximum atomic E-state index is 6.42. The largest absolute Gasteiger partial charge is 0.334 e. The SMILES string of the molecule is CCn1ccnc1CN(Cc1csc(Cl)c1Cl)C1CC12CCNCC2. The van der Waals surface area contributed by atoms with Crippen molar-refractivity contribution in [3.05, 3.63) is 38.5 Å². The number of imidazole rings is 1. The van der Waals surface area contributed by atoms with Crippen LogP contribution in [-0.2, 0) is 19.6 Å². The fraction of sp³-hybridized carbons (Fsp3) is 0.611. The van der Waals surface area contributed by atoms with Gasteiger partial charge in [-0.05, 0) is 55.6 Å². The molecule has 136 valence electrons. The molecule has 4 nitrogen and oxygen atoms in total. The third-order valence-corrected chi connectivity index (χ3v) is 7.72. The molecule has 1 spiro atoms. The maximum Gasteiger partial charge on any atom is 0.122 e. The summed E-state index contributed by atoms with van der Waals surface area (Å²) in [6.45, 7) is 7.10. The zero-order valence-electron chi connectivity index (χ0n) is 14.5. The molecule has 2 fully saturated rings. The van der Waals surface area contributed by atoms with Crippen LogP contribution in [-0.4, -0.2) is 33.6 Å². The smallest absolute Gasteiger partial charge is 0.122 e. The lowest BCUT2D eigenvalue weighted by molar-refractivity contribution is 0.182. The fourth-order valence-electron chi connectivity index (χ4n) is 4.22. The molecule has 1 N–H and O–H groups in total. The third kappa shape index (κ3) is 3.50. The minimum Gasteiger partial charge on any atom is -0.334 e. The van der Waals surface area contributed by atoms with Crippen LogP contribution in [0.25, 0.3) is 0 Å². The maximum absolute atomic E-state index is 6.42. The van der Waals surface area contributed by atoms with Gasteiger partial charge in [0.1, 0.15) is 10.2 Å². The molecular weight excluding hydrogens is 375 g/mol. The molecule has 1 atom stereocenters. The van der Waals surface area contributed by atoms with Crippen LogP contribution in [0.4, 0.5) is 0 Å². The number of hydrogen-bond donors (Lipinski definition) is 1. The van der Waals surface area contributed by atoms with Gasteiger partial charge in [-0.25, -0.2) is 4.98 Å². The number of piperidine rings is 1. The van der Waals surface area contributed by atoms with E-state index in [0.717, 1.165) is 49.1 Å². The molecule has 3 heterocycles. The van der Waals surface area contributed by atoms with Gasteiger partial charge in [0, 0.05) is 31.5 Å². The van der Waals surface area contributed by atoms with Crippen molar-refractivity contribution >= 4 is 34.5 Å². The first-order valence-corrected chi connectivity index (χ1v) is 10.6. The van der Waals surface area contributed by atoms with Crippen molar-refractivity contribution in [2.75, 3.05) is 13.1 Å². The predicted octanol–water partition coefficient (Wildman–Crippen LogP) is 4.42. The van der Waals surface area contributed by atoms with Crippen molar-refractivity contribution in [3.63, 3.8) is 0 Å². The van der Waals surface area contributed by atoms with Crippen molar-refractivity contribution in [1.29, 1.82) is 0 Å². The molecule has 1 aliphatic carbocycles. The summed E-state index contributed by atoms with van der Waals surface area (Å²) >= 11 is 14.1. The Labute approximate surface area is 163 Å². The monoisotopic (exact) mass is 398 g/mol. The Bertz CT molecular complexity index is 735. The minimum absolute atomic E-state index is 0.487. The standard InChI is InChI=1S/C18H24Cl2N4S/c1-2-23-8-7-22-15(23)11-24(10-13-12-25-17(20)16(13)19)14-9-18(14)3-5-21-6-4-18/h7-8,12,14,21H,2-6,9-11H2,1H3. The third-order valence-electron chi connectivity index (χ3n) is 5.81. The number of hydrogen-bond acceptors (Lipinski definition) is 4. The summed E-state index contributed by atoms with van der Waals surface area (Å²) in [5.41, 5.74) is 1.63. The Morgan fingerprint density at radius 1 is 1.36 bits per heavy atom. The average Bonchev–Trinajstić information content (AvgIpc) is 2.97. The Hall–Kier alpha value is -0.590. The van der Waals surface area contributed by atoms with Gasteiger partial charge in [0.05, 0.1) is 11.6 Å². The summed E-state index contributed by atoms with van der Waals surface area (Å²) in [4.78, 5) is 7.17. The van der Waals surface area contributed by atoms with E-state index in [-0.39, 0.29) is 0 Å². The number of aryl methyl sites for hydroxylation is 1. The molecule has 2 aliphatic rings. The number of halogens is 2. The summed E-state index contributed by atoms with van der Waals surface area (Å²) in [7, 11) is 0. The minimum atomic E-state index is 0.487. The van der Waals surface area contributed by atoms with Gasteiger partial charge in [0.25, 0.3) is 0 Å². The van der Waals surface area contributed by atoms with Crippen LogP contribution in [0.1, 0.15) is 37.6 Å². The van der Waals surface area contributed by atoms with E-state index < -0.39 is 0 Å². The molecular formula is C18H24Cl2N4S. The summed E-state index contributed by atoms with van der Waals surface area (Å²) in [6, 6.07) is 0.617. The summed E-state index contributed by atoms with van der Waals surface area (Å²) in [6.07, 6.45) is 7.80. The molecule has 0 bridgehead atoms. The Kier molecular flexibility index (Phi) is 5.13.